The first-order valence-electron chi connectivity index (χ1n) is 8.57. The highest BCUT2D eigenvalue weighted by Gasteiger charge is 2.18. The average molecular weight is 369 g/mol. The third-order valence-electron chi connectivity index (χ3n) is 3.36. The zero-order chi connectivity index (χ0) is 20.0. The maximum absolute atomic E-state index is 12.4. The molecule has 0 atom stereocenters. The first-order valence-corrected chi connectivity index (χ1v) is 8.57. The van der Waals surface area contributed by atoms with Gasteiger partial charge in [0.25, 0.3) is 11.8 Å². The molecule has 2 rings (SSSR count). The van der Waals surface area contributed by atoms with Crippen molar-refractivity contribution >= 4 is 23.5 Å². The van der Waals surface area contributed by atoms with Crippen LogP contribution in [0.2, 0.25) is 0 Å². The first-order chi connectivity index (χ1) is 12.7. The molecule has 0 bridgehead atoms. The van der Waals surface area contributed by atoms with Gasteiger partial charge in [-0.3, -0.25) is 9.59 Å². The predicted octanol–water partition coefficient (Wildman–Crippen LogP) is 3.04. The molecule has 0 aliphatic heterocycles. The van der Waals surface area contributed by atoms with E-state index < -0.39 is 17.4 Å². The summed E-state index contributed by atoms with van der Waals surface area (Å²) in [4.78, 5) is 40.4. The van der Waals surface area contributed by atoms with Crippen LogP contribution in [0.3, 0.4) is 0 Å². The number of benzene rings is 1. The summed E-state index contributed by atoms with van der Waals surface area (Å²) in [6.45, 7) is 7.61. The molecule has 0 spiro atoms. The van der Waals surface area contributed by atoms with Crippen LogP contribution in [-0.2, 0) is 4.74 Å². The Morgan fingerprint density at radius 1 is 0.963 bits per heavy atom. The topological polar surface area (TPSA) is 97.4 Å². The molecule has 27 heavy (non-hydrogen) atoms. The number of rotatable bonds is 5. The van der Waals surface area contributed by atoms with Gasteiger partial charge >= 0.3 is 5.97 Å². The second kappa shape index (κ2) is 8.44. The number of nitrogens with one attached hydrogen (secondary N) is 2. The zero-order valence-electron chi connectivity index (χ0n) is 15.8. The fourth-order valence-corrected chi connectivity index (χ4v) is 2.19. The van der Waals surface area contributed by atoms with Gasteiger partial charge in [0.2, 0.25) is 0 Å². The smallest absolute Gasteiger partial charge is 0.338 e. The Bertz CT molecular complexity index is 839. The molecule has 2 aromatic rings. The van der Waals surface area contributed by atoms with Gasteiger partial charge in [-0.25, -0.2) is 9.78 Å². The first kappa shape index (κ1) is 20.1. The largest absolute Gasteiger partial charge is 0.462 e. The van der Waals surface area contributed by atoms with Crippen LogP contribution >= 0.6 is 0 Å². The second-order valence-corrected chi connectivity index (χ2v) is 6.86. The average Bonchev–Trinajstić information content (AvgIpc) is 2.61. The fraction of sp³-hybridized carbons (Fsp3) is 0.300. The van der Waals surface area contributed by atoms with Gasteiger partial charge in [0.15, 0.2) is 0 Å². The number of carbonyl (C=O) groups excluding carboxylic acids is 3. The molecule has 0 fully saturated rings. The summed E-state index contributed by atoms with van der Waals surface area (Å²) in [5, 5.41) is 5.49. The van der Waals surface area contributed by atoms with E-state index in [0.717, 1.165) is 0 Å². The van der Waals surface area contributed by atoms with E-state index >= 15 is 0 Å². The number of amides is 2. The van der Waals surface area contributed by atoms with E-state index in [2.05, 4.69) is 15.6 Å². The van der Waals surface area contributed by atoms with Crippen molar-refractivity contribution in [2.75, 3.05) is 11.9 Å². The number of anilines is 1. The van der Waals surface area contributed by atoms with Crippen LogP contribution in [0.1, 0.15) is 59.0 Å². The SMILES string of the molecule is CCOC(=O)c1ccc(NC(=O)c2cccc(C(=O)NC(C)(C)C)n2)cc1. The van der Waals surface area contributed by atoms with E-state index in [1.165, 1.54) is 6.07 Å². The third-order valence-corrected chi connectivity index (χ3v) is 3.36. The van der Waals surface area contributed by atoms with E-state index in [9.17, 15) is 14.4 Å². The van der Waals surface area contributed by atoms with Crippen LogP contribution in [0.5, 0.6) is 0 Å². The van der Waals surface area contributed by atoms with Crippen molar-refractivity contribution in [3.8, 4) is 0 Å². The second-order valence-electron chi connectivity index (χ2n) is 6.86. The molecule has 0 unspecified atom stereocenters. The van der Waals surface area contributed by atoms with Gasteiger partial charge < -0.3 is 15.4 Å². The number of nitrogens with zero attached hydrogens (tertiary/aromatic N) is 1. The number of aromatic nitrogens is 1. The van der Waals surface area contributed by atoms with Crippen LogP contribution in [0.25, 0.3) is 0 Å². The van der Waals surface area contributed by atoms with Gasteiger partial charge in [-0.2, -0.15) is 0 Å². The third kappa shape index (κ3) is 5.91. The Morgan fingerprint density at radius 2 is 1.56 bits per heavy atom. The van der Waals surface area contributed by atoms with Gasteiger partial charge in [0.05, 0.1) is 12.2 Å². The summed E-state index contributed by atoms with van der Waals surface area (Å²) in [6.07, 6.45) is 0. The molecule has 0 radical (unpaired) electrons. The molecule has 1 heterocycles. The molecule has 1 aromatic carbocycles. The molecular weight excluding hydrogens is 346 g/mol. The summed E-state index contributed by atoms with van der Waals surface area (Å²) in [5.41, 5.74) is 0.770. The van der Waals surface area contributed by atoms with E-state index in [1.807, 2.05) is 20.8 Å². The molecular formula is C20H23N3O4. The standard InChI is InChI=1S/C20H23N3O4/c1-5-27-19(26)13-9-11-14(12-10-13)21-17(24)15-7-6-8-16(22-15)18(25)23-20(2,3)4/h6-12H,5H2,1-4H3,(H,21,24)(H,23,25). The molecule has 142 valence electrons. The lowest BCUT2D eigenvalue weighted by Crippen LogP contribution is -2.41. The molecule has 0 saturated carbocycles. The molecule has 7 nitrogen and oxygen atoms in total. The Morgan fingerprint density at radius 3 is 2.11 bits per heavy atom. The molecule has 0 saturated heterocycles. The van der Waals surface area contributed by atoms with Crippen LogP contribution in [0.15, 0.2) is 42.5 Å². The van der Waals surface area contributed by atoms with E-state index in [1.54, 1.807) is 43.3 Å². The zero-order valence-corrected chi connectivity index (χ0v) is 15.8. The number of pyridine rings is 1. The monoisotopic (exact) mass is 369 g/mol. The summed E-state index contributed by atoms with van der Waals surface area (Å²) in [5.74, 6) is -1.23. The van der Waals surface area contributed by atoms with Crippen molar-refractivity contribution in [2.24, 2.45) is 0 Å². The van der Waals surface area contributed by atoms with Crippen LogP contribution in [0.4, 0.5) is 5.69 Å². The van der Waals surface area contributed by atoms with E-state index in [-0.39, 0.29) is 17.3 Å². The van der Waals surface area contributed by atoms with Gasteiger partial charge in [0, 0.05) is 11.2 Å². The highest BCUT2D eigenvalue weighted by molar-refractivity contribution is 6.04. The molecule has 0 aliphatic carbocycles. The Kier molecular flexibility index (Phi) is 6.28. The minimum absolute atomic E-state index is 0.117. The van der Waals surface area contributed by atoms with Crippen molar-refractivity contribution in [2.45, 2.75) is 33.2 Å². The van der Waals surface area contributed by atoms with Crippen LogP contribution in [0, 0.1) is 0 Å². The minimum Gasteiger partial charge on any atom is -0.462 e. The van der Waals surface area contributed by atoms with Crippen molar-refractivity contribution in [1.29, 1.82) is 0 Å². The van der Waals surface area contributed by atoms with Crippen molar-refractivity contribution in [3.05, 3.63) is 59.4 Å². The van der Waals surface area contributed by atoms with Gasteiger partial charge in [-0.15, -0.1) is 0 Å². The van der Waals surface area contributed by atoms with Crippen LogP contribution < -0.4 is 10.6 Å². The van der Waals surface area contributed by atoms with Crippen LogP contribution in [-0.4, -0.2) is 34.9 Å². The fourth-order valence-electron chi connectivity index (χ4n) is 2.19. The lowest BCUT2D eigenvalue weighted by atomic mass is 10.1. The Labute approximate surface area is 158 Å². The highest BCUT2D eigenvalue weighted by Crippen LogP contribution is 2.12. The van der Waals surface area contributed by atoms with Crippen molar-refractivity contribution < 1.29 is 19.1 Å². The molecule has 2 N–H and O–H groups in total. The molecule has 1 aromatic heterocycles. The quantitative estimate of drug-likeness (QED) is 0.790. The Hall–Kier alpha value is -3.22. The summed E-state index contributed by atoms with van der Waals surface area (Å²) in [6, 6.07) is 11.0. The summed E-state index contributed by atoms with van der Waals surface area (Å²) < 4.78 is 4.91. The number of hydrogen-bond donors (Lipinski definition) is 2. The van der Waals surface area contributed by atoms with Crippen molar-refractivity contribution in [1.82, 2.24) is 10.3 Å². The van der Waals surface area contributed by atoms with E-state index in [0.29, 0.717) is 17.9 Å². The van der Waals surface area contributed by atoms with E-state index in [4.69, 9.17) is 4.74 Å². The van der Waals surface area contributed by atoms with Gasteiger partial charge in [-0.05, 0) is 64.1 Å². The van der Waals surface area contributed by atoms with Gasteiger partial charge in [0.1, 0.15) is 11.4 Å². The maximum atomic E-state index is 12.4. The number of carbonyl (C=O) groups is 3. The Balaban J connectivity index is 2.09. The number of ether oxygens (including phenoxy) is 1. The normalized spacial score (nSPS) is 10.8. The molecule has 0 aliphatic rings. The number of esters is 1. The lowest BCUT2D eigenvalue weighted by Gasteiger charge is -2.20. The summed E-state index contributed by atoms with van der Waals surface area (Å²) in [7, 11) is 0. The maximum Gasteiger partial charge on any atom is 0.338 e. The van der Waals surface area contributed by atoms with Crippen molar-refractivity contribution in [3.63, 3.8) is 0 Å². The van der Waals surface area contributed by atoms with Gasteiger partial charge in [-0.1, -0.05) is 6.07 Å². The summed E-state index contributed by atoms with van der Waals surface area (Å²) >= 11 is 0. The minimum atomic E-state index is -0.454. The molecule has 2 amide bonds. The number of hydrogen-bond acceptors (Lipinski definition) is 5. The lowest BCUT2D eigenvalue weighted by molar-refractivity contribution is 0.0526. The predicted molar refractivity (Wildman–Crippen MR) is 102 cm³/mol. The highest BCUT2D eigenvalue weighted by atomic mass is 16.5. The molecule has 7 heteroatoms.